The second-order valence-electron chi connectivity index (χ2n) is 5.96. The van der Waals surface area contributed by atoms with Crippen molar-refractivity contribution in [1.29, 1.82) is 0 Å². The monoisotopic (exact) mass is 335 g/mol. The molecule has 5 nitrogen and oxygen atoms in total. The highest BCUT2D eigenvalue weighted by molar-refractivity contribution is 7.07. The molecule has 0 aliphatic heterocycles. The Kier molecular flexibility index (Phi) is 8.21. The lowest BCUT2D eigenvalue weighted by molar-refractivity contribution is -0.123. The van der Waals surface area contributed by atoms with Gasteiger partial charge in [0.15, 0.2) is 0 Å². The molecule has 0 saturated carbocycles. The van der Waals surface area contributed by atoms with Gasteiger partial charge in [-0.05, 0) is 26.2 Å². The number of aromatic nitrogens is 1. The summed E-state index contributed by atoms with van der Waals surface area (Å²) in [7, 11) is 0. The molecule has 21 heavy (non-hydrogen) atoms. The zero-order valence-corrected chi connectivity index (χ0v) is 14.8. The van der Waals surface area contributed by atoms with Gasteiger partial charge < -0.3 is 15.6 Å². The quantitative estimate of drug-likeness (QED) is 0.799. The number of thiazole rings is 1. The van der Waals surface area contributed by atoms with E-state index in [0.29, 0.717) is 25.4 Å². The van der Waals surface area contributed by atoms with E-state index in [0.717, 1.165) is 23.5 Å². The number of hydrogen-bond acceptors (Lipinski definition) is 4. The maximum atomic E-state index is 12.0. The van der Waals surface area contributed by atoms with Crippen molar-refractivity contribution in [3.8, 4) is 0 Å². The van der Waals surface area contributed by atoms with E-state index >= 15 is 0 Å². The second kappa shape index (κ2) is 8.56. The van der Waals surface area contributed by atoms with Crippen LogP contribution in [-0.2, 0) is 11.3 Å². The van der Waals surface area contributed by atoms with Gasteiger partial charge in [0.1, 0.15) is 0 Å². The molecule has 1 aromatic rings. The minimum Gasteiger partial charge on any atom is -0.350 e. The molecule has 0 aromatic carbocycles. The highest BCUT2D eigenvalue weighted by Crippen LogP contribution is 2.15. The SMILES string of the molecule is Cc1csc(=O)n1CCC(=O)NC(C)(CN)CC(C)C.Cl. The molecule has 0 radical (unpaired) electrons. The Morgan fingerprint density at radius 3 is 2.57 bits per heavy atom. The third-order valence-electron chi connectivity index (χ3n) is 3.29. The average molecular weight is 336 g/mol. The standard InChI is InChI=1S/C14H25N3O2S.ClH/c1-10(2)7-14(4,9-15)16-12(18)5-6-17-11(3)8-20-13(17)19;/h8,10H,5-7,9,15H2,1-4H3,(H,16,18);1H. The minimum absolute atomic E-state index is 0. The fourth-order valence-corrected chi connectivity index (χ4v) is 3.13. The summed E-state index contributed by atoms with van der Waals surface area (Å²) in [6.07, 6.45) is 1.14. The van der Waals surface area contributed by atoms with Gasteiger partial charge in [0, 0.05) is 36.1 Å². The molecule has 1 heterocycles. The lowest BCUT2D eigenvalue weighted by atomic mass is 9.90. The van der Waals surface area contributed by atoms with E-state index in [1.165, 1.54) is 0 Å². The predicted octanol–water partition coefficient (Wildman–Crippen LogP) is 1.91. The first kappa shape index (κ1) is 20.1. The summed E-state index contributed by atoms with van der Waals surface area (Å²) in [4.78, 5) is 23.6. The first-order valence-electron chi connectivity index (χ1n) is 6.93. The van der Waals surface area contributed by atoms with Gasteiger partial charge in [-0.15, -0.1) is 12.4 Å². The molecule has 0 saturated heterocycles. The van der Waals surface area contributed by atoms with Gasteiger partial charge in [-0.25, -0.2) is 0 Å². The topological polar surface area (TPSA) is 77.1 Å². The first-order valence-corrected chi connectivity index (χ1v) is 7.81. The van der Waals surface area contributed by atoms with Gasteiger partial charge in [0.2, 0.25) is 5.91 Å². The number of carbonyl (C=O) groups is 1. The summed E-state index contributed by atoms with van der Waals surface area (Å²) in [6, 6.07) is 0. The van der Waals surface area contributed by atoms with Gasteiger partial charge in [-0.2, -0.15) is 0 Å². The van der Waals surface area contributed by atoms with E-state index in [1.54, 1.807) is 4.57 Å². The summed E-state index contributed by atoms with van der Waals surface area (Å²) >= 11 is 1.16. The minimum atomic E-state index is -0.375. The van der Waals surface area contributed by atoms with Crippen LogP contribution in [0.2, 0.25) is 0 Å². The van der Waals surface area contributed by atoms with Crippen LogP contribution < -0.4 is 15.9 Å². The maximum Gasteiger partial charge on any atom is 0.307 e. The van der Waals surface area contributed by atoms with Crippen molar-refractivity contribution < 1.29 is 4.79 Å². The van der Waals surface area contributed by atoms with Crippen molar-refractivity contribution >= 4 is 29.7 Å². The Bertz CT molecular complexity index is 513. The van der Waals surface area contributed by atoms with E-state index in [9.17, 15) is 9.59 Å². The van der Waals surface area contributed by atoms with Crippen LogP contribution in [0.4, 0.5) is 0 Å². The normalized spacial score (nSPS) is 13.6. The molecule has 0 bridgehead atoms. The van der Waals surface area contributed by atoms with E-state index in [2.05, 4.69) is 19.2 Å². The zero-order chi connectivity index (χ0) is 15.3. The highest BCUT2D eigenvalue weighted by atomic mass is 35.5. The van der Waals surface area contributed by atoms with Crippen LogP contribution in [0, 0.1) is 12.8 Å². The summed E-state index contributed by atoms with van der Waals surface area (Å²) < 4.78 is 1.63. The molecule has 0 fully saturated rings. The smallest absolute Gasteiger partial charge is 0.307 e. The molecule has 0 aliphatic carbocycles. The van der Waals surface area contributed by atoms with Crippen LogP contribution in [-0.4, -0.2) is 22.6 Å². The Hall–Kier alpha value is -0.850. The fourth-order valence-electron chi connectivity index (χ4n) is 2.37. The maximum absolute atomic E-state index is 12.0. The largest absolute Gasteiger partial charge is 0.350 e. The Morgan fingerprint density at radius 2 is 2.14 bits per heavy atom. The summed E-state index contributed by atoms with van der Waals surface area (Å²) in [5, 5.41) is 4.81. The molecule has 7 heteroatoms. The van der Waals surface area contributed by atoms with Crippen molar-refractivity contribution in [3.05, 3.63) is 20.7 Å². The predicted molar refractivity (Wildman–Crippen MR) is 90.2 cm³/mol. The molecular formula is C14H26ClN3O2S. The van der Waals surface area contributed by atoms with Gasteiger partial charge in [-0.1, -0.05) is 25.2 Å². The number of hydrogen-bond donors (Lipinski definition) is 2. The van der Waals surface area contributed by atoms with Gasteiger partial charge in [0.25, 0.3) is 0 Å². The lowest BCUT2D eigenvalue weighted by Gasteiger charge is -2.31. The molecule has 0 spiro atoms. The number of nitrogens with zero attached hydrogens (tertiary/aromatic N) is 1. The molecule has 1 atom stereocenters. The number of rotatable bonds is 7. The van der Waals surface area contributed by atoms with Crippen molar-refractivity contribution in [2.24, 2.45) is 11.7 Å². The van der Waals surface area contributed by atoms with Crippen molar-refractivity contribution in [3.63, 3.8) is 0 Å². The van der Waals surface area contributed by atoms with E-state index in [-0.39, 0.29) is 28.7 Å². The second-order valence-corrected chi connectivity index (χ2v) is 6.78. The van der Waals surface area contributed by atoms with Crippen LogP contribution in [0.3, 0.4) is 0 Å². The Balaban J connectivity index is 0.00000400. The Morgan fingerprint density at radius 1 is 1.52 bits per heavy atom. The first-order chi connectivity index (χ1) is 9.27. The van der Waals surface area contributed by atoms with Crippen LogP contribution in [0.25, 0.3) is 0 Å². The number of nitrogens with one attached hydrogen (secondary N) is 1. The summed E-state index contributed by atoms with van der Waals surface area (Å²) in [5.41, 5.74) is 6.30. The molecule has 1 amide bonds. The van der Waals surface area contributed by atoms with Crippen LogP contribution >= 0.6 is 23.7 Å². The summed E-state index contributed by atoms with van der Waals surface area (Å²) in [5.74, 6) is 0.404. The lowest BCUT2D eigenvalue weighted by Crippen LogP contribution is -2.52. The van der Waals surface area contributed by atoms with Crippen LogP contribution in [0.5, 0.6) is 0 Å². The van der Waals surface area contributed by atoms with Gasteiger partial charge in [0.05, 0.1) is 0 Å². The van der Waals surface area contributed by atoms with Crippen LogP contribution in [0.15, 0.2) is 10.2 Å². The van der Waals surface area contributed by atoms with Gasteiger partial charge >= 0.3 is 4.87 Å². The molecule has 1 unspecified atom stereocenters. The third-order valence-corrected chi connectivity index (χ3v) is 4.17. The number of aryl methyl sites for hydroxylation is 1. The number of halogens is 1. The van der Waals surface area contributed by atoms with E-state index in [4.69, 9.17) is 5.73 Å². The fraction of sp³-hybridized carbons (Fsp3) is 0.714. The number of nitrogens with two attached hydrogens (primary N) is 1. The molecule has 0 aliphatic rings. The van der Waals surface area contributed by atoms with E-state index < -0.39 is 0 Å². The molecule has 1 aromatic heterocycles. The molecule has 122 valence electrons. The summed E-state index contributed by atoms with van der Waals surface area (Å²) in [6.45, 7) is 8.88. The number of amides is 1. The average Bonchev–Trinajstić information content (AvgIpc) is 2.65. The Labute approximate surface area is 136 Å². The van der Waals surface area contributed by atoms with E-state index in [1.807, 2.05) is 19.2 Å². The van der Waals surface area contributed by atoms with Crippen molar-refractivity contribution in [2.75, 3.05) is 6.54 Å². The highest BCUT2D eigenvalue weighted by Gasteiger charge is 2.25. The van der Waals surface area contributed by atoms with Gasteiger partial charge in [-0.3, -0.25) is 9.59 Å². The molecule has 3 N–H and O–H groups in total. The zero-order valence-electron chi connectivity index (χ0n) is 13.1. The van der Waals surface area contributed by atoms with Crippen molar-refractivity contribution in [2.45, 2.75) is 52.6 Å². The molecular weight excluding hydrogens is 310 g/mol. The van der Waals surface area contributed by atoms with Crippen LogP contribution in [0.1, 0.15) is 39.3 Å². The number of carbonyl (C=O) groups excluding carboxylic acids is 1. The molecule has 1 rings (SSSR count). The third kappa shape index (κ3) is 6.20. The van der Waals surface area contributed by atoms with Crippen molar-refractivity contribution in [1.82, 2.24) is 9.88 Å².